The van der Waals surface area contributed by atoms with Gasteiger partial charge in [-0.15, -0.1) is 5.10 Å². The second-order valence-corrected chi connectivity index (χ2v) is 6.47. The summed E-state index contributed by atoms with van der Waals surface area (Å²) in [7, 11) is 0. The summed E-state index contributed by atoms with van der Waals surface area (Å²) in [4.78, 5) is 7.07. The summed E-state index contributed by atoms with van der Waals surface area (Å²) < 4.78 is 0. The Morgan fingerprint density at radius 1 is 1.16 bits per heavy atom. The van der Waals surface area contributed by atoms with Gasteiger partial charge in [0.15, 0.2) is 0 Å². The van der Waals surface area contributed by atoms with Crippen molar-refractivity contribution in [2.75, 3.05) is 24.5 Å². The number of fused-ring (bicyclic) bond motifs is 1. The van der Waals surface area contributed by atoms with Crippen molar-refractivity contribution in [3.05, 3.63) is 5.82 Å². The number of rotatable bonds is 3. The minimum absolute atomic E-state index is 0.691. The molecule has 19 heavy (non-hydrogen) atoms. The van der Waals surface area contributed by atoms with Gasteiger partial charge in [0.2, 0.25) is 5.95 Å². The number of hydrogen-bond donors (Lipinski definition) is 2. The first-order valence-electron chi connectivity index (χ1n) is 7.74. The lowest BCUT2D eigenvalue weighted by Crippen LogP contribution is -2.36. The normalized spacial score (nSPS) is 34.6. The van der Waals surface area contributed by atoms with Crippen molar-refractivity contribution in [2.24, 2.45) is 23.5 Å². The SMILES string of the molecule is NCC1CCN(c2n[nH]c(C3C4CCCC43)n2)CC1. The summed E-state index contributed by atoms with van der Waals surface area (Å²) in [6.45, 7) is 2.92. The number of nitrogens with zero attached hydrogens (tertiary/aromatic N) is 3. The molecule has 5 heteroatoms. The molecule has 4 rings (SSSR count). The van der Waals surface area contributed by atoms with Crippen LogP contribution in [0.3, 0.4) is 0 Å². The summed E-state index contributed by atoms with van der Waals surface area (Å²) in [6.07, 6.45) is 6.56. The van der Waals surface area contributed by atoms with Crippen LogP contribution in [-0.4, -0.2) is 34.8 Å². The van der Waals surface area contributed by atoms with Gasteiger partial charge in [-0.3, -0.25) is 5.10 Å². The lowest BCUT2D eigenvalue weighted by atomic mass is 9.97. The smallest absolute Gasteiger partial charge is 0.244 e. The van der Waals surface area contributed by atoms with Gasteiger partial charge in [0.1, 0.15) is 5.82 Å². The van der Waals surface area contributed by atoms with Gasteiger partial charge in [-0.25, -0.2) is 0 Å². The van der Waals surface area contributed by atoms with Crippen LogP contribution in [-0.2, 0) is 0 Å². The third kappa shape index (κ3) is 1.95. The van der Waals surface area contributed by atoms with E-state index in [1.54, 1.807) is 0 Å². The van der Waals surface area contributed by atoms with Crippen molar-refractivity contribution < 1.29 is 0 Å². The molecule has 2 unspecified atom stereocenters. The molecule has 2 atom stereocenters. The molecule has 2 aliphatic carbocycles. The Balaban J connectivity index is 1.41. The van der Waals surface area contributed by atoms with Crippen LogP contribution in [0.2, 0.25) is 0 Å². The van der Waals surface area contributed by atoms with Crippen LogP contribution < -0.4 is 10.6 Å². The molecule has 1 aromatic heterocycles. The number of anilines is 1. The maximum atomic E-state index is 5.74. The Hall–Kier alpha value is -1.10. The molecule has 1 aliphatic heterocycles. The lowest BCUT2D eigenvalue weighted by molar-refractivity contribution is 0.411. The second kappa shape index (κ2) is 4.47. The molecule has 3 N–H and O–H groups in total. The van der Waals surface area contributed by atoms with Crippen LogP contribution >= 0.6 is 0 Å². The number of aromatic amines is 1. The van der Waals surface area contributed by atoms with Crippen LogP contribution in [0.15, 0.2) is 0 Å². The second-order valence-electron chi connectivity index (χ2n) is 6.47. The molecule has 3 fully saturated rings. The third-order valence-corrected chi connectivity index (χ3v) is 5.44. The molecule has 0 bridgehead atoms. The van der Waals surface area contributed by atoms with Crippen LogP contribution in [0.1, 0.15) is 43.8 Å². The maximum absolute atomic E-state index is 5.74. The Kier molecular flexibility index (Phi) is 2.76. The van der Waals surface area contributed by atoms with E-state index in [1.165, 1.54) is 32.1 Å². The van der Waals surface area contributed by atoms with Gasteiger partial charge >= 0.3 is 0 Å². The fourth-order valence-electron chi connectivity index (χ4n) is 4.15. The number of nitrogens with one attached hydrogen (secondary N) is 1. The molecule has 0 spiro atoms. The first kappa shape index (κ1) is 11.7. The molecule has 2 saturated carbocycles. The summed E-state index contributed by atoms with van der Waals surface area (Å²) in [5, 5.41) is 7.63. The Morgan fingerprint density at radius 2 is 1.89 bits per heavy atom. The highest BCUT2D eigenvalue weighted by Crippen LogP contribution is 2.62. The molecule has 0 radical (unpaired) electrons. The standard InChI is InChI=1S/C14H23N5/c15-8-9-4-6-19(7-5-9)14-16-13(17-18-14)12-10-2-1-3-11(10)12/h9-12H,1-8,15H2,(H,16,17,18). The number of nitrogens with two attached hydrogens (primary N) is 1. The van der Waals surface area contributed by atoms with Crippen molar-refractivity contribution in [3.63, 3.8) is 0 Å². The Bertz CT molecular complexity index is 438. The van der Waals surface area contributed by atoms with Crippen LogP contribution in [0.4, 0.5) is 5.95 Å². The average molecular weight is 261 g/mol. The van der Waals surface area contributed by atoms with Crippen molar-refractivity contribution >= 4 is 5.95 Å². The summed E-state index contributed by atoms with van der Waals surface area (Å²) in [5.74, 6) is 5.25. The van der Waals surface area contributed by atoms with Crippen LogP contribution in [0.5, 0.6) is 0 Å². The van der Waals surface area contributed by atoms with Gasteiger partial charge in [0.05, 0.1) is 0 Å². The topological polar surface area (TPSA) is 70.8 Å². The molecule has 1 saturated heterocycles. The van der Waals surface area contributed by atoms with Crippen molar-refractivity contribution in [2.45, 2.75) is 38.0 Å². The average Bonchev–Trinajstić information content (AvgIpc) is 2.90. The van der Waals surface area contributed by atoms with Crippen LogP contribution in [0, 0.1) is 17.8 Å². The van der Waals surface area contributed by atoms with E-state index >= 15 is 0 Å². The predicted octanol–water partition coefficient (Wildman–Crippen LogP) is 1.49. The van der Waals surface area contributed by atoms with E-state index in [1.807, 2.05) is 0 Å². The highest BCUT2D eigenvalue weighted by Gasteiger charge is 2.54. The molecule has 0 amide bonds. The van der Waals surface area contributed by atoms with Crippen LogP contribution in [0.25, 0.3) is 0 Å². The molecular weight excluding hydrogens is 238 g/mol. The Labute approximate surface area is 114 Å². The van der Waals surface area contributed by atoms with E-state index in [-0.39, 0.29) is 0 Å². The van der Waals surface area contributed by atoms with E-state index in [4.69, 9.17) is 10.7 Å². The minimum atomic E-state index is 0.691. The van der Waals surface area contributed by atoms with E-state index in [0.29, 0.717) is 11.8 Å². The highest BCUT2D eigenvalue weighted by atomic mass is 15.4. The highest BCUT2D eigenvalue weighted by molar-refractivity contribution is 5.31. The fraction of sp³-hybridized carbons (Fsp3) is 0.857. The molecular formula is C14H23N5. The third-order valence-electron chi connectivity index (χ3n) is 5.44. The fourth-order valence-corrected chi connectivity index (χ4v) is 4.15. The van der Waals surface area contributed by atoms with Gasteiger partial charge in [-0.05, 0) is 50.0 Å². The van der Waals surface area contributed by atoms with E-state index in [0.717, 1.165) is 43.2 Å². The van der Waals surface area contributed by atoms with E-state index in [9.17, 15) is 0 Å². The minimum Gasteiger partial charge on any atom is -0.340 e. The Morgan fingerprint density at radius 3 is 2.58 bits per heavy atom. The zero-order valence-corrected chi connectivity index (χ0v) is 11.4. The largest absolute Gasteiger partial charge is 0.340 e. The quantitative estimate of drug-likeness (QED) is 0.865. The number of hydrogen-bond acceptors (Lipinski definition) is 4. The number of aromatic nitrogens is 3. The molecule has 5 nitrogen and oxygen atoms in total. The first-order chi connectivity index (χ1) is 9.36. The zero-order valence-electron chi connectivity index (χ0n) is 11.4. The summed E-state index contributed by atoms with van der Waals surface area (Å²) in [5.41, 5.74) is 5.74. The van der Waals surface area contributed by atoms with Crippen molar-refractivity contribution in [3.8, 4) is 0 Å². The first-order valence-corrected chi connectivity index (χ1v) is 7.74. The molecule has 3 aliphatic rings. The van der Waals surface area contributed by atoms with Crippen molar-refractivity contribution in [1.82, 2.24) is 15.2 Å². The monoisotopic (exact) mass is 261 g/mol. The molecule has 1 aromatic rings. The molecule has 0 aromatic carbocycles. The van der Waals surface area contributed by atoms with Crippen molar-refractivity contribution in [1.29, 1.82) is 0 Å². The predicted molar refractivity (Wildman–Crippen MR) is 73.9 cm³/mol. The summed E-state index contributed by atoms with van der Waals surface area (Å²) in [6, 6.07) is 0. The van der Waals surface area contributed by atoms with Gasteiger partial charge in [0, 0.05) is 19.0 Å². The molecule has 2 heterocycles. The summed E-state index contributed by atoms with van der Waals surface area (Å²) >= 11 is 0. The number of H-pyrrole nitrogens is 1. The van der Waals surface area contributed by atoms with E-state index < -0.39 is 0 Å². The zero-order chi connectivity index (χ0) is 12.8. The van der Waals surface area contributed by atoms with Gasteiger partial charge in [-0.1, -0.05) is 6.42 Å². The lowest BCUT2D eigenvalue weighted by Gasteiger charge is -2.30. The maximum Gasteiger partial charge on any atom is 0.244 e. The molecule has 104 valence electrons. The number of piperidine rings is 1. The van der Waals surface area contributed by atoms with Gasteiger partial charge in [0.25, 0.3) is 0 Å². The van der Waals surface area contributed by atoms with E-state index in [2.05, 4.69) is 15.1 Å². The van der Waals surface area contributed by atoms with Gasteiger partial charge < -0.3 is 10.6 Å². The van der Waals surface area contributed by atoms with Gasteiger partial charge in [-0.2, -0.15) is 4.98 Å².